The molecule has 3 nitrogen and oxygen atoms in total. The Kier molecular flexibility index (Phi) is 3.55. The molecule has 92 valence electrons. The standard InChI is InChI=1S/C11H9F3O3/c1-6(16)7-3-4-9(11(12,13)14)10(17-2)8(7)5-15/h3-5H,1-2H3. The first kappa shape index (κ1) is 13.2. The zero-order valence-electron chi connectivity index (χ0n) is 9.09. The molecule has 0 N–H and O–H groups in total. The van der Waals surface area contributed by atoms with Gasteiger partial charge in [-0.15, -0.1) is 0 Å². The lowest BCUT2D eigenvalue weighted by Gasteiger charge is -2.15. The van der Waals surface area contributed by atoms with Crippen molar-refractivity contribution in [3.63, 3.8) is 0 Å². The molecule has 0 aliphatic rings. The molecule has 0 radical (unpaired) electrons. The van der Waals surface area contributed by atoms with E-state index in [-0.39, 0.29) is 17.4 Å². The maximum absolute atomic E-state index is 12.6. The number of benzene rings is 1. The summed E-state index contributed by atoms with van der Waals surface area (Å²) in [6.45, 7) is 1.16. The van der Waals surface area contributed by atoms with Gasteiger partial charge in [0.1, 0.15) is 5.75 Å². The number of Topliss-reactive ketones (excluding diaryl/α,β-unsaturated/α-hetero) is 1. The second-order valence-electron chi connectivity index (χ2n) is 3.28. The molecule has 1 aromatic carbocycles. The number of halogens is 3. The van der Waals surface area contributed by atoms with Gasteiger partial charge in [-0.25, -0.2) is 0 Å². The van der Waals surface area contributed by atoms with E-state index in [2.05, 4.69) is 4.74 Å². The van der Waals surface area contributed by atoms with Crippen molar-refractivity contribution < 1.29 is 27.5 Å². The lowest BCUT2D eigenvalue weighted by Crippen LogP contribution is -2.11. The van der Waals surface area contributed by atoms with Gasteiger partial charge >= 0.3 is 6.18 Å². The number of ketones is 1. The summed E-state index contributed by atoms with van der Waals surface area (Å²) >= 11 is 0. The lowest BCUT2D eigenvalue weighted by molar-refractivity contribution is -0.138. The Morgan fingerprint density at radius 2 is 1.94 bits per heavy atom. The molecule has 0 aliphatic carbocycles. The second-order valence-corrected chi connectivity index (χ2v) is 3.28. The molecule has 0 aromatic heterocycles. The first-order chi connectivity index (χ1) is 7.82. The Labute approximate surface area is 95.2 Å². The van der Waals surface area contributed by atoms with Crippen LogP contribution in [0.3, 0.4) is 0 Å². The Hall–Kier alpha value is -1.85. The van der Waals surface area contributed by atoms with Crippen molar-refractivity contribution >= 4 is 12.1 Å². The maximum Gasteiger partial charge on any atom is 0.419 e. The average Bonchev–Trinajstić information content (AvgIpc) is 2.25. The van der Waals surface area contributed by atoms with Crippen molar-refractivity contribution in [1.29, 1.82) is 0 Å². The molecule has 0 saturated heterocycles. The van der Waals surface area contributed by atoms with E-state index in [4.69, 9.17) is 0 Å². The highest BCUT2D eigenvalue weighted by Crippen LogP contribution is 2.38. The van der Waals surface area contributed by atoms with Crippen molar-refractivity contribution in [3.05, 3.63) is 28.8 Å². The zero-order valence-corrected chi connectivity index (χ0v) is 9.09. The number of rotatable bonds is 3. The van der Waals surface area contributed by atoms with E-state index < -0.39 is 23.3 Å². The van der Waals surface area contributed by atoms with Gasteiger partial charge in [-0.2, -0.15) is 13.2 Å². The molecule has 0 saturated carbocycles. The van der Waals surface area contributed by atoms with Gasteiger partial charge in [0, 0.05) is 5.56 Å². The van der Waals surface area contributed by atoms with E-state index in [1.54, 1.807) is 0 Å². The fourth-order valence-electron chi connectivity index (χ4n) is 1.47. The largest absolute Gasteiger partial charge is 0.495 e. The maximum atomic E-state index is 12.6. The third-order valence-electron chi connectivity index (χ3n) is 2.20. The molecule has 0 amide bonds. The summed E-state index contributed by atoms with van der Waals surface area (Å²) in [5.41, 5.74) is -1.55. The van der Waals surface area contributed by atoms with Gasteiger partial charge in [0.05, 0.1) is 18.2 Å². The minimum Gasteiger partial charge on any atom is -0.495 e. The van der Waals surface area contributed by atoms with Gasteiger partial charge < -0.3 is 4.74 Å². The van der Waals surface area contributed by atoms with Crippen LogP contribution in [0, 0.1) is 0 Å². The summed E-state index contributed by atoms with van der Waals surface area (Å²) in [5, 5.41) is 0. The van der Waals surface area contributed by atoms with Gasteiger partial charge in [-0.05, 0) is 19.1 Å². The van der Waals surface area contributed by atoms with E-state index in [1.807, 2.05) is 0 Å². The Balaban J connectivity index is 3.60. The SMILES string of the molecule is COc1c(C(F)(F)F)ccc(C(C)=O)c1C=O. The van der Waals surface area contributed by atoms with Gasteiger partial charge in [0.25, 0.3) is 0 Å². The molecule has 0 aliphatic heterocycles. The summed E-state index contributed by atoms with van der Waals surface area (Å²) in [6.07, 6.45) is -4.46. The van der Waals surface area contributed by atoms with E-state index in [0.717, 1.165) is 26.2 Å². The molecule has 0 atom stereocenters. The molecule has 0 bridgehead atoms. The van der Waals surface area contributed by atoms with Crippen LogP contribution >= 0.6 is 0 Å². The number of methoxy groups -OCH3 is 1. The summed E-state index contributed by atoms with van der Waals surface area (Å²) in [4.78, 5) is 21.9. The summed E-state index contributed by atoms with van der Waals surface area (Å²) in [6, 6.07) is 1.69. The van der Waals surface area contributed by atoms with E-state index in [9.17, 15) is 22.8 Å². The van der Waals surface area contributed by atoms with Crippen LogP contribution < -0.4 is 4.74 Å². The Morgan fingerprint density at radius 1 is 1.35 bits per heavy atom. The summed E-state index contributed by atoms with van der Waals surface area (Å²) in [5.74, 6) is -1.13. The number of alkyl halides is 3. The van der Waals surface area contributed by atoms with Crippen LogP contribution in [0.1, 0.15) is 33.2 Å². The fraction of sp³-hybridized carbons (Fsp3) is 0.273. The minimum atomic E-state index is -4.64. The van der Waals surface area contributed by atoms with Crippen LogP contribution in [0.25, 0.3) is 0 Å². The van der Waals surface area contributed by atoms with Crippen LogP contribution in [0.5, 0.6) is 5.75 Å². The number of ether oxygens (including phenoxy) is 1. The molecule has 0 spiro atoms. The van der Waals surface area contributed by atoms with Crippen molar-refractivity contribution in [2.75, 3.05) is 7.11 Å². The first-order valence-corrected chi connectivity index (χ1v) is 4.57. The smallest absolute Gasteiger partial charge is 0.419 e. The van der Waals surface area contributed by atoms with Crippen LogP contribution in [-0.2, 0) is 6.18 Å². The topological polar surface area (TPSA) is 43.4 Å². The van der Waals surface area contributed by atoms with E-state index in [0.29, 0.717) is 0 Å². The molecule has 0 unspecified atom stereocenters. The highest BCUT2D eigenvalue weighted by atomic mass is 19.4. The molecule has 1 rings (SSSR count). The Morgan fingerprint density at radius 3 is 2.29 bits per heavy atom. The lowest BCUT2D eigenvalue weighted by atomic mass is 10.00. The summed E-state index contributed by atoms with van der Waals surface area (Å²) in [7, 11) is 1.02. The van der Waals surface area contributed by atoms with Crippen molar-refractivity contribution in [2.45, 2.75) is 13.1 Å². The summed E-state index contributed by atoms with van der Waals surface area (Å²) < 4.78 is 42.4. The number of hydrogen-bond acceptors (Lipinski definition) is 3. The quantitative estimate of drug-likeness (QED) is 0.608. The zero-order chi connectivity index (χ0) is 13.2. The van der Waals surface area contributed by atoms with Crippen LogP contribution in [0.15, 0.2) is 12.1 Å². The first-order valence-electron chi connectivity index (χ1n) is 4.57. The third-order valence-corrected chi connectivity index (χ3v) is 2.20. The van der Waals surface area contributed by atoms with Crippen molar-refractivity contribution in [1.82, 2.24) is 0 Å². The monoisotopic (exact) mass is 246 g/mol. The molecule has 17 heavy (non-hydrogen) atoms. The molecule has 0 fully saturated rings. The van der Waals surface area contributed by atoms with Gasteiger partial charge in [0.2, 0.25) is 0 Å². The number of hydrogen-bond donors (Lipinski definition) is 0. The predicted molar refractivity (Wildman–Crippen MR) is 53.4 cm³/mol. The van der Waals surface area contributed by atoms with E-state index >= 15 is 0 Å². The van der Waals surface area contributed by atoms with Gasteiger partial charge in [-0.1, -0.05) is 0 Å². The minimum absolute atomic E-state index is 0.0927. The average molecular weight is 246 g/mol. The third kappa shape index (κ3) is 2.46. The van der Waals surface area contributed by atoms with E-state index in [1.165, 1.54) is 0 Å². The van der Waals surface area contributed by atoms with Gasteiger partial charge in [-0.3, -0.25) is 9.59 Å². The molecular formula is C11H9F3O3. The van der Waals surface area contributed by atoms with Crippen molar-refractivity contribution in [2.24, 2.45) is 0 Å². The highest BCUT2D eigenvalue weighted by Gasteiger charge is 2.36. The Bertz CT molecular complexity index is 464. The van der Waals surface area contributed by atoms with Crippen LogP contribution in [-0.4, -0.2) is 19.2 Å². The molecule has 6 heteroatoms. The number of aldehydes is 1. The number of carbonyl (C=O) groups excluding carboxylic acids is 2. The predicted octanol–water partition coefficient (Wildman–Crippen LogP) is 2.73. The fourth-order valence-corrected chi connectivity index (χ4v) is 1.47. The van der Waals surface area contributed by atoms with Gasteiger partial charge in [0.15, 0.2) is 12.1 Å². The molecular weight excluding hydrogens is 237 g/mol. The normalized spacial score (nSPS) is 11.1. The second kappa shape index (κ2) is 4.57. The van der Waals surface area contributed by atoms with Crippen molar-refractivity contribution in [3.8, 4) is 5.75 Å². The highest BCUT2D eigenvalue weighted by molar-refractivity contribution is 6.03. The number of carbonyl (C=O) groups is 2. The van der Waals surface area contributed by atoms with Crippen LogP contribution in [0.2, 0.25) is 0 Å². The van der Waals surface area contributed by atoms with Crippen LogP contribution in [0.4, 0.5) is 13.2 Å². The molecule has 1 aromatic rings. The molecule has 0 heterocycles.